The molecule has 1 amide bonds. The molecule has 2 heterocycles. The Labute approximate surface area is 163 Å². The van der Waals surface area contributed by atoms with Crippen molar-refractivity contribution in [3.05, 3.63) is 51.7 Å². The maximum atomic E-state index is 13.1. The molecule has 1 aliphatic heterocycles. The second kappa shape index (κ2) is 7.97. The van der Waals surface area contributed by atoms with Crippen molar-refractivity contribution < 1.29 is 9.72 Å². The lowest BCUT2D eigenvalue weighted by molar-refractivity contribution is -0.384. The van der Waals surface area contributed by atoms with Crippen LogP contribution in [0.5, 0.6) is 0 Å². The first-order chi connectivity index (χ1) is 13.3. The summed E-state index contributed by atoms with van der Waals surface area (Å²) in [4.78, 5) is 25.8. The third-order valence-corrected chi connectivity index (χ3v) is 5.29. The topological polar surface area (TPSA) is 119 Å². The van der Waals surface area contributed by atoms with E-state index in [2.05, 4.69) is 10.4 Å². The number of aryl methyl sites for hydroxylation is 2. The van der Waals surface area contributed by atoms with Gasteiger partial charge >= 0.3 is 5.69 Å². The molecule has 28 heavy (non-hydrogen) atoms. The second-order valence-corrected chi connectivity index (χ2v) is 7.19. The fourth-order valence-corrected chi connectivity index (χ4v) is 3.81. The number of anilines is 1. The van der Waals surface area contributed by atoms with Crippen molar-refractivity contribution >= 4 is 17.4 Å². The highest BCUT2D eigenvalue weighted by molar-refractivity contribution is 5.85. The molecular formula is C19H26N6O3. The summed E-state index contributed by atoms with van der Waals surface area (Å²) in [6.07, 6.45) is 0.488. The standard InChI is InChI=1S/C19H26N6O3/c1-4-16(21-18-17(25(27)28)12(2)22-23(18)3)19(26)24-10-14(15(20)11-24)13-8-6-5-7-9-13/h5-9,14-16,21H,4,10-11,20H2,1-3H3/t14-,15+,16?/m0/s1. The molecule has 1 saturated heterocycles. The summed E-state index contributed by atoms with van der Waals surface area (Å²) in [5.41, 5.74) is 7.63. The number of hydrogen-bond acceptors (Lipinski definition) is 6. The van der Waals surface area contributed by atoms with Gasteiger partial charge in [0.25, 0.3) is 0 Å². The Morgan fingerprint density at radius 3 is 2.68 bits per heavy atom. The highest BCUT2D eigenvalue weighted by atomic mass is 16.6. The highest BCUT2D eigenvalue weighted by Crippen LogP contribution is 2.30. The first-order valence-electron chi connectivity index (χ1n) is 9.37. The van der Waals surface area contributed by atoms with Gasteiger partial charge in [0.1, 0.15) is 11.7 Å². The number of nitrogens with zero attached hydrogens (tertiary/aromatic N) is 4. The molecule has 1 aliphatic rings. The van der Waals surface area contributed by atoms with Gasteiger partial charge in [-0.05, 0) is 18.9 Å². The van der Waals surface area contributed by atoms with E-state index in [1.54, 1.807) is 18.9 Å². The van der Waals surface area contributed by atoms with Crippen LogP contribution in [0, 0.1) is 17.0 Å². The van der Waals surface area contributed by atoms with Gasteiger partial charge in [0, 0.05) is 32.1 Å². The Morgan fingerprint density at radius 2 is 2.07 bits per heavy atom. The molecule has 3 atom stereocenters. The third kappa shape index (κ3) is 3.70. The number of nitrogens with one attached hydrogen (secondary N) is 1. The van der Waals surface area contributed by atoms with E-state index in [0.29, 0.717) is 25.2 Å². The summed E-state index contributed by atoms with van der Waals surface area (Å²) in [5, 5.41) is 18.5. The largest absolute Gasteiger partial charge is 0.353 e. The molecule has 0 radical (unpaired) electrons. The van der Waals surface area contributed by atoms with E-state index in [1.165, 1.54) is 4.68 Å². The number of nitro groups is 1. The summed E-state index contributed by atoms with van der Waals surface area (Å²) in [5.74, 6) is 0.214. The van der Waals surface area contributed by atoms with Crippen LogP contribution in [0.1, 0.15) is 30.5 Å². The van der Waals surface area contributed by atoms with Gasteiger partial charge in [0.05, 0.1) is 4.92 Å². The molecule has 3 rings (SSSR count). The zero-order valence-electron chi connectivity index (χ0n) is 16.3. The lowest BCUT2D eigenvalue weighted by Crippen LogP contribution is -2.42. The Morgan fingerprint density at radius 1 is 1.39 bits per heavy atom. The summed E-state index contributed by atoms with van der Waals surface area (Å²) < 4.78 is 1.41. The van der Waals surface area contributed by atoms with E-state index in [0.717, 1.165) is 5.56 Å². The van der Waals surface area contributed by atoms with Crippen LogP contribution >= 0.6 is 0 Å². The number of carbonyl (C=O) groups excluding carboxylic acids is 1. The molecule has 0 saturated carbocycles. The number of likely N-dealkylation sites (tertiary alicyclic amines) is 1. The van der Waals surface area contributed by atoms with Gasteiger partial charge in [-0.1, -0.05) is 37.3 Å². The molecule has 9 nitrogen and oxygen atoms in total. The first kappa shape index (κ1) is 19.8. The molecule has 0 spiro atoms. The van der Waals surface area contributed by atoms with Gasteiger partial charge in [-0.2, -0.15) is 5.10 Å². The molecule has 1 aromatic carbocycles. The SMILES string of the molecule is CCC(Nc1c([N+](=O)[O-])c(C)nn1C)C(=O)N1C[C@@H](N)[C@H](c2ccccc2)C1. The van der Waals surface area contributed by atoms with Gasteiger partial charge < -0.3 is 16.0 Å². The fraction of sp³-hybridized carbons (Fsp3) is 0.474. The van der Waals surface area contributed by atoms with Gasteiger partial charge in [0.15, 0.2) is 0 Å². The van der Waals surface area contributed by atoms with E-state index >= 15 is 0 Å². The molecule has 0 bridgehead atoms. The summed E-state index contributed by atoms with van der Waals surface area (Å²) in [7, 11) is 1.62. The van der Waals surface area contributed by atoms with Gasteiger partial charge in [-0.3, -0.25) is 14.9 Å². The minimum atomic E-state index is -0.588. The van der Waals surface area contributed by atoms with E-state index < -0.39 is 11.0 Å². The average Bonchev–Trinajstić information content (AvgIpc) is 3.19. The normalized spacial score (nSPS) is 20.2. The monoisotopic (exact) mass is 386 g/mol. The highest BCUT2D eigenvalue weighted by Gasteiger charge is 2.37. The summed E-state index contributed by atoms with van der Waals surface area (Å²) in [6, 6.07) is 9.20. The number of aromatic nitrogens is 2. The molecule has 1 fully saturated rings. The van der Waals surface area contributed by atoms with E-state index in [1.807, 2.05) is 37.3 Å². The average molecular weight is 386 g/mol. The number of rotatable bonds is 6. The smallest absolute Gasteiger partial charge is 0.333 e. The molecule has 0 aliphatic carbocycles. The number of amides is 1. The van der Waals surface area contributed by atoms with Crippen LogP contribution in [0.15, 0.2) is 30.3 Å². The van der Waals surface area contributed by atoms with Crippen molar-refractivity contribution in [2.24, 2.45) is 12.8 Å². The molecule has 150 valence electrons. The Bertz CT molecular complexity index is 866. The van der Waals surface area contributed by atoms with Crippen LogP contribution in [-0.4, -0.2) is 50.7 Å². The Kier molecular flexibility index (Phi) is 5.64. The van der Waals surface area contributed by atoms with Crippen LogP contribution in [-0.2, 0) is 11.8 Å². The third-order valence-electron chi connectivity index (χ3n) is 5.29. The number of benzene rings is 1. The Balaban J connectivity index is 1.77. The van der Waals surface area contributed by atoms with E-state index in [-0.39, 0.29) is 29.4 Å². The van der Waals surface area contributed by atoms with Crippen molar-refractivity contribution in [2.75, 3.05) is 18.4 Å². The predicted molar refractivity (Wildman–Crippen MR) is 106 cm³/mol. The first-order valence-corrected chi connectivity index (χ1v) is 9.37. The van der Waals surface area contributed by atoms with E-state index in [9.17, 15) is 14.9 Å². The lowest BCUT2D eigenvalue weighted by atomic mass is 9.95. The van der Waals surface area contributed by atoms with Crippen LogP contribution < -0.4 is 11.1 Å². The van der Waals surface area contributed by atoms with Crippen molar-refractivity contribution in [3.8, 4) is 0 Å². The summed E-state index contributed by atoms with van der Waals surface area (Å²) in [6.45, 7) is 4.45. The zero-order chi connectivity index (χ0) is 20.4. The molecule has 1 aromatic heterocycles. The molecule has 3 N–H and O–H groups in total. The molecular weight excluding hydrogens is 360 g/mol. The maximum absolute atomic E-state index is 13.1. The summed E-state index contributed by atoms with van der Waals surface area (Å²) >= 11 is 0. The molecule has 2 aromatic rings. The van der Waals surface area contributed by atoms with Crippen molar-refractivity contribution in [2.45, 2.75) is 38.3 Å². The van der Waals surface area contributed by atoms with Crippen molar-refractivity contribution in [1.82, 2.24) is 14.7 Å². The van der Waals surface area contributed by atoms with Gasteiger partial charge in [0.2, 0.25) is 11.7 Å². The quantitative estimate of drug-likeness (QED) is 0.577. The van der Waals surface area contributed by atoms with Crippen LogP contribution in [0.25, 0.3) is 0 Å². The van der Waals surface area contributed by atoms with Crippen molar-refractivity contribution in [1.29, 1.82) is 0 Å². The van der Waals surface area contributed by atoms with Crippen molar-refractivity contribution in [3.63, 3.8) is 0 Å². The minimum absolute atomic E-state index is 0.0796. The van der Waals surface area contributed by atoms with Crippen LogP contribution in [0.2, 0.25) is 0 Å². The molecule has 1 unspecified atom stereocenters. The van der Waals surface area contributed by atoms with Gasteiger partial charge in [-0.25, -0.2) is 4.68 Å². The van der Waals surface area contributed by atoms with E-state index in [4.69, 9.17) is 5.73 Å². The number of nitrogens with two attached hydrogens (primary N) is 1. The predicted octanol–water partition coefficient (Wildman–Crippen LogP) is 1.78. The molecule has 9 heteroatoms. The minimum Gasteiger partial charge on any atom is -0.353 e. The number of carbonyl (C=O) groups is 1. The maximum Gasteiger partial charge on any atom is 0.333 e. The number of hydrogen-bond donors (Lipinski definition) is 2. The second-order valence-electron chi connectivity index (χ2n) is 7.19. The lowest BCUT2D eigenvalue weighted by Gasteiger charge is -2.24. The Hall–Kier alpha value is -2.94. The van der Waals surface area contributed by atoms with Gasteiger partial charge in [-0.15, -0.1) is 0 Å². The fourth-order valence-electron chi connectivity index (χ4n) is 3.81. The van der Waals surface area contributed by atoms with Crippen LogP contribution in [0.3, 0.4) is 0 Å². The van der Waals surface area contributed by atoms with Crippen LogP contribution in [0.4, 0.5) is 11.5 Å². The zero-order valence-corrected chi connectivity index (χ0v) is 16.3.